The van der Waals surface area contributed by atoms with E-state index in [0.29, 0.717) is 10.5 Å². The lowest BCUT2D eigenvalue weighted by Crippen LogP contribution is -2.20. The summed E-state index contributed by atoms with van der Waals surface area (Å²) in [4.78, 5) is 42.5. The quantitative estimate of drug-likeness (QED) is 0.506. The fourth-order valence-electron chi connectivity index (χ4n) is 2.87. The Morgan fingerprint density at radius 2 is 2.19 bits per heavy atom. The van der Waals surface area contributed by atoms with E-state index in [1.165, 1.54) is 15.7 Å². The summed E-state index contributed by atoms with van der Waals surface area (Å²) in [6.07, 6.45) is 1.92. The summed E-state index contributed by atoms with van der Waals surface area (Å²) in [6.45, 7) is -0.422. The summed E-state index contributed by atoms with van der Waals surface area (Å²) in [5.74, 6) is -1.10. The lowest BCUT2D eigenvalue weighted by atomic mass is 10.1. The molecule has 9 heteroatoms. The minimum atomic E-state index is -0.717. The van der Waals surface area contributed by atoms with Gasteiger partial charge in [-0.1, -0.05) is 11.6 Å². The molecule has 26 heavy (non-hydrogen) atoms. The van der Waals surface area contributed by atoms with E-state index in [2.05, 4.69) is 4.98 Å². The Bertz CT molecular complexity index is 1070. The maximum Gasteiger partial charge on any atom is 0.359 e. The zero-order chi connectivity index (χ0) is 18.4. The maximum atomic E-state index is 12.4. The third kappa shape index (κ3) is 2.67. The molecule has 0 fully saturated rings. The van der Waals surface area contributed by atoms with Crippen LogP contribution in [-0.2, 0) is 16.0 Å². The number of esters is 1. The number of fused-ring (bicyclic) bond motifs is 2. The van der Waals surface area contributed by atoms with Crippen molar-refractivity contribution in [1.82, 2.24) is 9.38 Å². The minimum Gasteiger partial charge on any atom is -0.453 e. The Labute approximate surface area is 156 Å². The smallest absolute Gasteiger partial charge is 0.359 e. The molecule has 1 amide bonds. The zero-order valence-corrected chi connectivity index (χ0v) is 15.1. The lowest BCUT2D eigenvalue weighted by Gasteiger charge is -2.10. The molecule has 3 heterocycles. The molecule has 0 unspecified atom stereocenters. The number of anilines is 1. The second-order valence-corrected chi connectivity index (χ2v) is 7.01. The molecule has 0 saturated carbocycles. The first-order valence-corrected chi connectivity index (χ1v) is 8.92. The van der Waals surface area contributed by atoms with Crippen LogP contribution >= 0.6 is 22.9 Å². The minimum absolute atomic E-state index is 0.0221. The van der Waals surface area contributed by atoms with Crippen LogP contribution in [-0.4, -0.2) is 40.7 Å². The Morgan fingerprint density at radius 1 is 1.38 bits per heavy atom. The van der Waals surface area contributed by atoms with Gasteiger partial charge < -0.3 is 9.64 Å². The van der Waals surface area contributed by atoms with Gasteiger partial charge in [0.25, 0.3) is 0 Å². The third-order valence-corrected chi connectivity index (χ3v) is 5.25. The van der Waals surface area contributed by atoms with Crippen LogP contribution in [0.4, 0.5) is 5.69 Å². The van der Waals surface area contributed by atoms with Gasteiger partial charge in [-0.15, -0.1) is 11.3 Å². The summed E-state index contributed by atoms with van der Waals surface area (Å²) in [5.41, 5.74) is 2.06. The number of carbonyl (C=O) groups is 3. The van der Waals surface area contributed by atoms with Crippen LogP contribution in [0.15, 0.2) is 29.8 Å². The normalized spacial score (nSPS) is 13.3. The molecule has 0 spiro atoms. The van der Waals surface area contributed by atoms with Gasteiger partial charge in [-0.2, -0.15) is 0 Å². The SMILES string of the molecule is CN1C(=O)Cc2cc(C(=O)COC(=O)c3c(Cl)nc4sccn34)ccc21. The Morgan fingerprint density at radius 3 is 3.00 bits per heavy atom. The highest BCUT2D eigenvalue weighted by Gasteiger charge is 2.25. The fourth-order valence-corrected chi connectivity index (χ4v) is 3.88. The van der Waals surface area contributed by atoms with Gasteiger partial charge >= 0.3 is 5.97 Å². The number of nitrogens with zero attached hydrogens (tertiary/aromatic N) is 3. The third-order valence-electron chi connectivity index (χ3n) is 4.23. The van der Waals surface area contributed by atoms with E-state index in [9.17, 15) is 14.4 Å². The average molecular weight is 390 g/mol. The second kappa shape index (κ2) is 6.22. The monoisotopic (exact) mass is 389 g/mol. The number of hydrogen-bond acceptors (Lipinski definition) is 6. The number of hydrogen-bond donors (Lipinski definition) is 0. The van der Waals surface area contributed by atoms with Crippen molar-refractivity contribution in [3.63, 3.8) is 0 Å². The van der Waals surface area contributed by atoms with Crippen molar-refractivity contribution in [2.75, 3.05) is 18.6 Å². The molecule has 4 rings (SSSR count). The van der Waals surface area contributed by atoms with Gasteiger partial charge in [0.2, 0.25) is 5.91 Å². The highest BCUT2D eigenvalue weighted by Crippen LogP contribution is 2.28. The number of rotatable bonds is 4. The number of benzene rings is 1. The highest BCUT2D eigenvalue weighted by atomic mass is 35.5. The van der Waals surface area contributed by atoms with Crippen molar-refractivity contribution >= 4 is 51.2 Å². The van der Waals surface area contributed by atoms with Crippen LogP contribution in [0, 0.1) is 0 Å². The van der Waals surface area contributed by atoms with Crippen molar-refractivity contribution in [3.05, 3.63) is 51.7 Å². The van der Waals surface area contributed by atoms with Gasteiger partial charge in [0.1, 0.15) is 0 Å². The van der Waals surface area contributed by atoms with Crippen molar-refractivity contribution in [2.24, 2.45) is 0 Å². The van der Waals surface area contributed by atoms with Crippen LogP contribution in [0.25, 0.3) is 4.96 Å². The van der Waals surface area contributed by atoms with Gasteiger partial charge in [-0.25, -0.2) is 9.78 Å². The molecule has 0 radical (unpaired) electrons. The molecule has 7 nitrogen and oxygen atoms in total. The topological polar surface area (TPSA) is 81.0 Å². The summed E-state index contributed by atoms with van der Waals surface area (Å²) in [6, 6.07) is 5.00. The summed E-state index contributed by atoms with van der Waals surface area (Å²) in [5, 5.41) is 1.80. The number of ketones is 1. The largest absolute Gasteiger partial charge is 0.453 e. The van der Waals surface area contributed by atoms with Crippen LogP contribution in [0.1, 0.15) is 26.4 Å². The molecule has 132 valence electrons. The van der Waals surface area contributed by atoms with E-state index in [1.54, 1.807) is 41.7 Å². The molecule has 3 aromatic rings. The van der Waals surface area contributed by atoms with Crippen LogP contribution in [0.5, 0.6) is 0 Å². The Balaban J connectivity index is 1.48. The average Bonchev–Trinajstić information content (AvgIpc) is 3.25. The predicted octanol–water partition coefficient (Wildman–Crippen LogP) is 2.61. The first kappa shape index (κ1) is 16.7. The molecule has 1 aromatic carbocycles. The number of thiazole rings is 1. The number of halogens is 1. The first-order valence-electron chi connectivity index (χ1n) is 7.66. The van der Waals surface area contributed by atoms with E-state index in [0.717, 1.165) is 11.3 Å². The van der Waals surface area contributed by atoms with Crippen LogP contribution < -0.4 is 4.90 Å². The molecule has 0 aliphatic carbocycles. The van der Waals surface area contributed by atoms with Gasteiger partial charge in [0, 0.05) is 29.9 Å². The maximum absolute atomic E-state index is 12.4. The van der Waals surface area contributed by atoms with E-state index in [-0.39, 0.29) is 29.0 Å². The van der Waals surface area contributed by atoms with Crippen molar-refractivity contribution in [1.29, 1.82) is 0 Å². The molecule has 0 N–H and O–H groups in total. The molecule has 2 aromatic heterocycles. The Kier molecular flexibility index (Phi) is 4.01. The van der Waals surface area contributed by atoms with Gasteiger partial charge in [0.15, 0.2) is 28.2 Å². The van der Waals surface area contributed by atoms with Gasteiger partial charge in [-0.3, -0.25) is 14.0 Å². The van der Waals surface area contributed by atoms with Crippen molar-refractivity contribution in [3.8, 4) is 0 Å². The summed E-state index contributed by atoms with van der Waals surface area (Å²) >= 11 is 7.31. The van der Waals surface area contributed by atoms with Crippen LogP contribution in [0.2, 0.25) is 5.15 Å². The number of ether oxygens (including phenoxy) is 1. The van der Waals surface area contributed by atoms with E-state index < -0.39 is 12.6 Å². The molecule has 0 atom stereocenters. The molecule has 0 saturated heterocycles. The van der Waals surface area contributed by atoms with E-state index >= 15 is 0 Å². The zero-order valence-electron chi connectivity index (χ0n) is 13.6. The Hall–Kier alpha value is -2.71. The summed E-state index contributed by atoms with van der Waals surface area (Å²) in [7, 11) is 1.69. The number of amides is 1. The van der Waals surface area contributed by atoms with Crippen LogP contribution in [0.3, 0.4) is 0 Å². The molecule has 1 aliphatic rings. The highest BCUT2D eigenvalue weighted by molar-refractivity contribution is 7.15. The first-order chi connectivity index (χ1) is 12.5. The number of Topliss-reactive ketones (excluding diaryl/α,β-unsaturated/α-hetero) is 1. The number of carbonyl (C=O) groups excluding carboxylic acids is 3. The number of imidazole rings is 1. The van der Waals surface area contributed by atoms with Crippen molar-refractivity contribution in [2.45, 2.75) is 6.42 Å². The van der Waals surface area contributed by atoms with Gasteiger partial charge in [-0.05, 0) is 23.8 Å². The fraction of sp³-hybridized carbons (Fsp3) is 0.176. The number of aromatic nitrogens is 2. The second-order valence-electron chi connectivity index (χ2n) is 5.78. The predicted molar refractivity (Wildman–Crippen MR) is 96.2 cm³/mol. The number of likely N-dealkylation sites (N-methyl/N-ethyl adjacent to an activating group) is 1. The molecule has 1 aliphatic heterocycles. The molecular weight excluding hydrogens is 378 g/mol. The standard InChI is InChI=1S/C17H12ClN3O4S/c1-20-11-3-2-9(6-10(11)7-13(20)23)12(22)8-25-16(24)14-15(18)19-17-21(14)4-5-26-17/h2-6H,7-8H2,1H3. The van der Waals surface area contributed by atoms with Gasteiger partial charge in [0.05, 0.1) is 6.42 Å². The van der Waals surface area contributed by atoms with E-state index in [4.69, 9.17) is 16.3 Å². The lowest BCUT2D eigenvalue weighted by molar-refractivity contribution is -0.117. The van der Waals surface area contributed by atoms with Crippen molar-refractivity contribution < 1.29 is 19.1 Å². The summed E-state index contributed by atoms with van der Waals surface area (Å²) < 4.78 is 6.64. The molecule has 0 bridgehead atoms. The van der Waals surface area contributed by atoms with E-state index in [1.807, 2.05) is 0 Å². The molecular formula is C17H12ClN3O4S.